The molecule has 2 heterocycles. The summed E-state index contributed by atoms with van der Waals surface area (Å²) < 4.78 is 6.24. The lowest BCUT2D eigenvalue weighted by molar-refractivity contribution is 0.476. The number of fused-ring (bicyclic) bond motifs is 2. The number of ether oxygens (including phenoxy) is 1. The van der Waals surface area contributed by atoms with E-state index in [1.54, 1.807) is 0 Å². The van der Waals surface area contributed by atoms with Crippen molar-refractivity contribution in [3.05, 3.63) is 138 Å². The first-order valence-electron chi connectivity index (χ1n) is 12.8. The van der Waals surface area contributed by atoms with Gasteiger partial charge in [-0.25, -0.2) is 0 Å². The lowest BCUT2D eigenvalue weighted by Crippen LogP contribution is -2.21. The van der Waals surface area contributed by atoms with Crippen LogP contribution in [0.2, 0.25) is 5.02 Å². The number of rotatable bonds is 5. The third-order valence-electron chi connectivity index (χ3n) is 6.56. The first-order chi connectivity index (χ1) is 19.7. The maximum Gasteiger partial charge on any atom is 0.240 e. The molecule has 0 atom stereocenters. The van der Waals surface area contributed by atoms with Crippen LogP contribution in [0.25, 0.3) is 11.4 Å². The Labute approximate surface area is 236 Å². The first kappa shape index (κ1) is 23.9. The summed E-state index contributed by atoms with van der Waals surface area (Å²) in [5, 5.41) is 0.603. The molecule has 0 spiro atoms. The van der Waals surface area contributed by atoms with E-state index < -0.39 is 0 Å². The molecule has 0 amide bonds. The number of nitrogens with zero attached hydrogens (tertiary/aromatic N) is 5. The Morgan fingerprint density at radius 3 is 1.75 bits per heavy atom. The number of hydrogen-bond acceptors (Lipinski definition) is 6. The highest BCUT2D eigenvalue weighted by atomic mass is 35.5. The van der Waals surface area contributed by atoms with Crippen LogP contribution in [-0.4, -0.2) is 15.0 Å². The molecule has 6 nitrogen and oxygen atoms in total. The van der Waals surface area contributed by atoms with Crippen LogP contribution in [-0.2, 0) is 0 Å². The minimum absolute atomic E-state index is 0.458. The van der Waals surface area contributed by atoms with E-state index in [0.717, 1.165) is 39.8 Å². The van der Waals surface area contributed by atoms with Crippen molar-refractivity contribution in [1.82, 2.24) is 15.0 Å². The van der Waals surface area contributed by atoms with Crippen molar-refractivity contribution in [2.24, 2.45) is 0 Å². The predicted molar refractivity (Wildman–Crippen MR) is 160 cm³/mol. The van der Waals surface area contributed by atoms with Crippen LogP contribution in [0.4, 0.5) is 34.6 Å². The molecule has 7 heteroatoms. The summed E-state index contributed by atoms with van der Waals surface area (Å²) in [6.45, 7) is 0. The lowest BCUT2D eigenvalue weighted by Gasteiger charge is -2.32. The minimum Gasteiger partial charge on any atom is -0.453 e. The van der Waals surface area contributed by atoms with Crippen molar-refractivity contribution in [3.8, 4) is 22.9 Å². The maximum atomic E-state index is 6.40. The van der Waals surface area contributed by atoms with Gasteiger partial charge < -0.3 is 4.74 Å². The number of benzene rings is 5. The zero-order valence-electron chi connectivity index (χ0n) is 21.2. The Morgan fingerprint density at radius 1 is 0.575 bits per heavy atom. The number of hydrogen-bond donors (Lipinski definition) is 0. The van der Waals surface area contributed by atoms with Crippen LogP contribution < -0.4 is 14.5 Å². The molecule has 0 bridgehead atoms. The van der Waals surface area contributed by atoms with Crippen molar-refractivity contribution >= 4 is 46.2 Å². The smallest absolute Gasteiger partial charge is 0.240 e. The summed E-state index contributed by atoms with van der Waals surface area (Å²) in [7, 11) is 0. The highest BCUT2D eigenvalue weighted by molar-refractivity contribution is 6.30. The second-order valence-electron chi connectivity index (χ2n) is 9.15. The molecule has 0 N–H and O–H groups in total. The van der Waals surface area contributed by atoms with E-state index in [4.69, 9.17) is 31.3 Å². The van der Waals surface area contributed by atoms with Gasteiger partial charge in [0.25, 0.3) is 0 Å². The van der Waals surface area contributed by atoms with Crippen LogP contribution in [0.5, 0.6) is 11.5 Å². The molecular formula is C33H22ClN5O. The van der Waals surface area contributed by atoms with E-state index >= 15 is 0 Å². The Morgan fingerprint density at radius 2 is 1.15 bits per heavy atom. The molecule has 0 aliphatic carbocycles. The molecule has 1 aromatic heterocycles. The van der Waals surface area contributed by atoms with Gasteiger partial charge in [-0.2, -0.15) is 15.0 Å². The summed E-state index contributed by atoms with van der Waals surface area (Å²) >= 11 is 6.40. The average Bonchev–Trinajstić information content (AvgIpc) is 3.01. The van der Waals surface area contributed by atoms with Crippen molar-refractivity contribution in [3.63, 3.8) is 0 Å². The monoisotopic (exact) mass is 539 g/mol. The topological polar surface area (TPSA) is 54.4 Å². The zero-order valence-corrected chi connectivity index (χ0v) is 22.0. The third-order valence-corrected chi connectivity index (χ3v) is 6.79. The molecule has 5 aromatic carbocycles. The lowest BCUT2D eigenvalue weighted by atomic mass is 10.1. The molecule has 6 aromatic rings. The fourth-order valence-corrected chi connectivity index (χ4v) is 4.96. The molecule has 40 heavy (non-hydrogen) atoms. The van der Waals surface area contributed by atoms with Crippen LogP contribution in [0.3, 0.4) is 0 Å². The molecule has 0 unspecified atom stereocenters. The minimum atomic E-state index is 0.458. The Bertz CT molecular complexity index is 1730. The fourth-order valence-electron chi connectivity index (χ4n) is 4.76. The fraction of sp³-hybridized carbons (Fsp3) is 0. The van der Waals surface area contributed by atoms with E-state index in [-0.39, 0.29) is 0 Å². The van der Waals surface area contributed by atoms with Gasteiger partial charge in [0.15, 0.2) is 17.3 Å². The summed E-state index contributed by atoms with van der Waals surface area (Å²) in [5.74, 6) is 2.87. The van der Waals surface area contributed by atoms with Gasteiger partial charge in [-0.15, -0.1) is 0 Å². The Hall–Kier alpha value is -5.20. The van der Waals surface area contributed by atoms with E-state index in [1.165, 1.54) is 0 Å². The summed E-state index contributed by atoms with van der Waals surface area (Å²) in [6.07, 6.45) is 0. The average molecular weight is 540 g/mol. The van der Waals surface area contributed by atoms with Crippen molar-refractivity contribution in [1.29, 1.82) is 0 Å². The van der Waals surface area contributed by atoms with Crippen LogP contribution >= 0.6 is 11.6 Å². The SMILES string of the molecule is Clc1cccc(-c2nc(N(c3ccccc3)c3ccccc3)nc(N3c4ccccc4Oc4ccccc43)n2)c1. The maximum absolute atomic E-state index is 6.40. The van der Waals surface area contributed by atoms with E-state index in [1.807, 2.05) is 143 Å². The van der Waals surface area contributed by atoms with Crippen LogP contribution in [0.1, 0.15) is 0 Å². The number of halogens is 1. The first-order valence-corrected chi connectivity index (χ1v) is 13.2. The second kappa shape index (κ2) is 10.2. The molecule has 1 aliphatic rings. The highest BCUT2D eigenvalue weighted by Gasteiger charge is 2.29. The van der Waals surface area contributed by atoms with Crippen LogP contribution in [0, 0.1) is 0 Å². The highest BCUT2D eigenvalue weighted by Crippen LogP contribution is 2.49. The van der Waals surface area contributed by atoms with Crippen molar-refractivity contribution < 1.29 is 4.74 Å². The van der Waals surface area contributed by atoms with Gasteiger partial charge in [-0.1, -0.05) is 84.4 Å². The number of para-hydroxylation sites is 6. The second-order valence-corrected chi connectivity index (χ2v) is 9.59. The van der Waals surface area contributed by atoms with E-state index in [0.29, 0.717) is 22.7 Å². The largest absolute Gasteiger partial charge is 0.453 e. The summed E-state index contributed by atoms with van der Waals surface area (Å²) in [6, 6.07) is 43.4. The molecule has 192 valence electrons. The zero-order chi connectivity index (χ0) is 26.9. The van der Waals surface area contributed by atoms with Gasteiger partial charge in [0.1, 0.15) is 0 Å². The van der Waals surface area contributed by atoms with Crippen LogP contribution in [0.15, 0.2) is 133 Å². The predicted octanol–water partition coefficient (Wildman–Crippen LogP) is 9.24. The molecule has 0 radical (unpaired) electrons. The van der Waals surface area contributed by atoms with Gasteiger partial charge in [-0.05, 0) is 60.7 Å². The molecular weight excluding hydrogens is 518 g/mol. The van der Waals surface area contributed by atoms with E-state index in [2.05, 4.69) is 0 Å². The van der Waals surface area contributed by atoms with Gasteiger partial charge in [-0.3, -0.25) is 9.80 Å². The molecule has 0 fully saturated rings. The molecule has 7 rings (SSSR count). The third kappa shape index (κ3) is 4.40. The quantitative estimate of drug-likeness (QED) is 0.217. The molecule has 1 aliphatic heterocycles. The normalized spacial score (nSPS) is 11.8. The van der Waals surface area contributed by atoms with Gasteiger partial charge >= 0.3 is 0 Å². The Kier molecular flexibility index (Phi) is 6.07. The standard InChI is InChI=1S/C33H22ClN5O/c34-24-13-11-12-23(22-24)31-35-32(38(25-14-3-1-4-15-25)26-16-5-2-6-17-26)37-33(36-31)39-27-18-7-9-20-29(27)40-30-21-10-8-19-28(30)39/h1-22H. The Balaban J connectivity index is 1.50. The van der Waals surface area contributed by atoms with Gasteiger partial charge in [0.05, 0.1) is 11.4 Å². The molecule has 0 saturated carbocycles. The van der Waals surface area contributed by atoms with Crippen molar-refractivity contribution in [2.45, 2.75) is 0 Å². The summed E-state index contributed by atoms with van der Waals surface area (Å²) in [4.78, 5) is 19.1. The summed E-state index contributed by atoms with van der Waals surface area (Å²) in [5.41, 5.74) is 4.30. The van der Waals surface area contributed by atoms with Gasteiger partial charge in [0, 0.05) is 22.0 Å². The van der Waals surface area contributed by atoms with Gasteiger partial charge in [0.2, 0.25) is 11.9 Å². The van der Waals surface area contributed by atoms with E-state index in [9.17, 15) is 0 Å². The molecule has 0 saturated heterocycles. The van der Waals surface area contributed by atoms with Crippen molar-refractivity contribution in [2.75, 3.05) is 9.80 Å². The number of anilines is 6. The number of aromatic nitrogens is 3.